The van der Waals surface area contributed by atoms with E-state index in [9.17, 15) is 24.0 Å². The number of fused-ring (bicyclic) bond motifs is 2. The molecule has 0 saturated carbocycles. The van der Waals surface area contributed by atoms with Crippen LogP contribution in [0.3, 0.4) is 0 Å². The van der Waals surface area contributed by atoms with Crippen LogP contribution in [0.1, 0.15) is 76.8 Å². The third-order valence-corrected chi connectivity index (χ3v) is 12.7. The molecule has 3 saturated heterocycles. The lowest BCUT2D eigenvalue weighted by atomic mass is 10.0. The third-order valence-electron chi connectivity index (χ3n) is 12.4. The van der Waals surface area contributed by atoms with E-state index >= 15 is 0 Å². The van der Waals surface area contributed by atoms with Crippen molar-refractivity contribution in [3.8, 4) is 11.5 Å². The van der Waals surface area contributed by atoms with E-state index in [1.165, 1.54) is 6.33 Å². The zero-order valence-corrected chi connectivity index (χ0v) is 35.0. The Morgan fingerprint density at radius 3 is 2.44 bits per heavy atom. The molecule has 1 atom stereocenters. The first-order valence-corrected chi connectivity index (χ1v) is 21.7. The maximum absolute atomic E-state index is 13.8. The van der Waals surface area contributed by atoms with E-state index in [0.29, 0.717) is 77.5 Å². The van der Waals surface area contributed by atoms with Crippen LogP contribution in [0, 0.1) is 0 Å². The van der Waals surface area contributed by atoms with Gasteiger partial charge in [-0.2, -0.15) is 0 Å². The van der Waals surface area contributed by atoms with Crippen LogP contribution in [0.4, 0.5) is 11.5 Å². The molecule has 3 fully saturated rings. The van der Waals surface area contributed by atoms with E-state index in [1.54, 1.807) is 29.3 Å². The number of anilines is 2. The summed E-state index contributed by atoms with van der Waals surface area (Å²) in [6, 6.07) is 19.7. The molecular formula is C46H48ClN9O6. The average molecular weight is 858 g/mol. The Hall–Kier alpha value is -6.32. The van der Waals surface area contributed by atoms with Gasteiger partial charge in [-0.15, -0.1) is 0 Å². The van der Waals surface area contributed by atoms with E-state index in [2.05, 4.69) is 41.5 Å². The van der Waals surface area contributed by atoms with Crippen molar-refractivity contribution in [2.24, 2.45) is 0 Å². The maximum Gasteiger partial charge on any atom is 0.255 e. The van der Waals surface area contributed by atoms with Gasteiger partial charge in [-0.1, -0.05) is 29.8 Å². The van der Waals surface area contributed by atoms with Crippen molar-refractivity contribution >= 4 is 63.6 Å². The average Bonchev–Trinajstić information content (AvgIpc) is 3.87. The number of likely N-dealkylation sites (tertiary alicyclic amines) is 1. The number of halogens is 1. The number of ketones is 1. The Morgan fingerprint density at radius 2 is 1.66 bits per heavy atom. The van der Waals surface area contributed by atoms with Crippen molar-refractivity contribution < 1.29 is 28.7 Å². The van der Waals surface area contributed by atoms with Gasteiger partial charge in [0.2, 0.25) is 17.7 Å². The van der Waals surface area contributed by atoms with Crippen molar-refractivity contribution in [1.29, 1.82) is 0 Å². The van der Waals surface area contributed by atoms with E-state index in [4.69, 9.17) is 16.3 Å². The van der Waals surface area contributed by atoms with E-state index in [0.717, 1.165) is 69.7 Å². The van der Waals surface area contributed by atoms with Gasteiger partial charge in [0.25, 0.3) is 5.91 Å². The zero-order chi connectivity index (χ0) is 42.7. The predicted octanol–water partition coefficient (Wildman–Crippen LogP) is 5.79. The zero-order valence-electron chi connectivity index (χ0n) is 34.3. The fraction of sp³-hybridized carbons (Fsp3) is 0.370. The Kier molecular flexibility index (Phi) is 11.9. The topological polar surface area (TPSA) is 173 Å². The number of hydrogen-bond acceptors (Lipinski definition) is 11. The van der Waals surface area contributed by atoms with Gasteiger partial charge in [0, 0.05) is 93.8 Å². The Bertz CT molecular complexity index is 2520. The SMILES string of the molecule is O=C1CCC(N2Cc3cc(N4CCN(CCCCC(=O)N5CCC(Nc6ncnc7[nH]cc(C(=O)c8ccc(Oc9ccccc9)cc8Cl)c67)CC5)CC4)ccc3C2=O)C(=O)N1. The number of carbonyl (C=O) groups is 5. The van der Waals surface area contributed by atoms with Crippen molar-refractivity contribution in [2.45, 2.75) is 63.6 Å². The molecule has 0 bridgehead atoms. The number of carbonyl (C=O) groups excluding carboxylic acids is 5. The largest absolute Gasteiger partial charge is 0.457 e. The van der Waals surface area contributed by atoms with Crippen molar-refractivity contribution in [2.75, 3.05) is 56.0 Å². The second-order valence-electron chi connectivity index (χ2n) is 16.4. The van der Waals surface area contributed by atoms with Crippen molar-refractivity contribution in [3.63, 3.8) is 0 Å². The minimum Gasteiger partial charge on any atom is -0.457 e. The van der Waals surface area contributed by atoms with Gasteiger partial charge in [-0.05, 0) is 86.7 Å². The molecule has 0 aliphatic carbocycles. The van der Waals surface area contributed by atoms with Crippen LogP contribution < -0.4 is 20.3 Å². The van der Waals surface area contributed by atoms with E-state index < -0.39 is 11.9 Å². The number of nitrogens with zero attached hydrogens (tertiary/aromatic N) is 6. The molecule has 4 amide bonds. The first-order valence-electron chi connectivity index (χ1n) is 21.4. The molecule has 16 heteroatoms. The van der Waals surface area contributed by atoms with Crippen molar-refractivity contribution in [3.05, 3.63) is 107 Å². The number of aromatic amines is 1. The lowest BCUT2D eigenvalue weighted by Crippen LogP contribution is -2.52. The molecule has 15 nitrogen and oxygen atoms in total. The number of imide groups is 1. The summed E-state index contributed by atoms with van der Waals surface area (Å²) in [4.78, 5) is 84.6. The number of ether oxygens (including phenoxy) is 1. The normalized spacial score (nSPS) is 18.6. The number of unbranched alkanes of at least 4 members (excludes halogenated alkanes) is 1. The quantitative estimate of drug-likeness (QED) is 0.0744. The van der Waals surface area contributed by atoms with Crippen LogP contribution in [0.15, 0.2) is 79.3 Å². The Morgan fingerprint density at radius 1 is 0.855 bits per heavy atom. The van der Waals surface area contributed by atoms with Gasteiger partial charge in [-0.25, -0.2) is 9.97 Å². The number of benzene rings is 3. The summed E-state index contributed by atoms with van der Waals surface area (Å²) >= 11 is 6.62. The number of amides is 4. The van der Waals surface area contributed by atoms with Gasteiger partial charge in [0.05, 0.1) is 16.0 Å². The molecule has 4 aliphatic rings. The highest BCUT2D eigenvalue weighted by Crippen LogP contribution is 2.33. The molecular weight excluding hydrogens is 810 g/mol. The highest BCUT2D eigenvalue weighted by atomic mass is 35.5. The van der Waals surface area contributed by atoms with E-state index in [-0.39, 0.29) is 41.0 Å². The monoisotopic (exact) mass is 857 g/mol. The number of aromatic nitrogens is 3. The van der Waals surface area contributed by atoms with Gasteiger partial charge in [0.1, 0.15) is 35.3 Å². The Labute approximate surface area is 363 Å². The molecule has 3 N–H and O–H groups in total. The Balaban J connectivity index is 0.709. The number of hydrogen-bond donors (Lipinski definition) is 3. The summed E-state index contributed by atoms with van der Waals surface area (Å²) in [5.74, 6) is 0.826. The number of H-pyrrole nitrogens is 1. The molecule has 9 rings (SSSR count). The highest BCUT2D eigenvalue weighted by molar-refractivity contribution is 6.35. The second-order valence-corrected chi connectivity index (χ2v) is 16.8. The van der Waals surface area contributed by atoms with E-state index in [1.807, 2.05) is 47.4 Å². The standard InChI is InChI=1S/C46H48ClN9O6/c47-37-25-33(62-32-6-2-1-3-7-32)10-12-35(37)42(59)36-26-48-43-41(36)44(50-28-49-43)51-30-15-18-55(19-16-30)40(58)8-4-5-17-53-20-22-54(23-21-53)31-9-11-34-29(24-31)27-56(46(34)61)38-13-14-39(57)52-45(38)60/h1-3,6-7,9-12,24-26,28,30,38H,4-5,8,13-23,27H2,(H,52,57,60)(H2,48,49,50,51). The van der Waals surface area contributed by atoms with Crippen LogP contribution >= 0.6 is 11.6 Å². The first-order chi connectivity index (χ1) is 30.2. The van der Waals surface area contributed by atoms with Crippen LogP contribution in [0.5, 0.6) is 11.5 Å². The lowest BCUT2D eigenvalue weighted by Gasteiger charge is -2.36. The molecule has 3 aromatic carbocycles. The van der Waals surface area contributed by atoms with Gasteiger partial charge >= 0.3 is 0 Å². The fourth-order valence-corrected chi connectivity index (χ4v) is 9.24. The molecule has 0 spiro atoms. The van der Waals surface area contributed by atoms with Crippen LogP contribution in [-0.2, 0) is 20.9 Å². The van der Waals surface area contributed by atoms with Crippen LogP contribution in [0.2, 0.25) is 5.02 Å². The number of piperazine rings is 1. The van der Waals surface area contributed by atoms with Gasteiger partial charge < -0.3 is 29.7 Å². The van der Waals surface area contributed by atoms with Gasteiger partial charge in [-0.3, -0.25) is 34.2 Å². The number of nitrogens with one attached hydrogen (secondary N) is 3. The lowest BCUT2D eigenvalue weighted by molar-refractivity contribution is -0.137. The molecule has 2 aromatic heterocycles. The summed E-state index contributed by atoms with van der Waals surface area (Å²) in [5, 5.41) is 6.77. The number of piperidine rings is 2. The van der Waals surface area contributed by atoms with Crippen LogP contribution in [0.25, 0.3) is 11.0 Å². The summed E-state index contributed by atoms with van der Waals surface area (Å²) in [7, 11) is 0. The molecule has 0 radical (unpaired) electrons. The van der Waals surface area contributed by atoms with Crippen molar-refractivity contribution in [1.82, 2.24) is 35.0 Å². The smallest absolute Gasteiger partial charge is 0.255 e. The molecule has 4 aliphatic heterocycles. The third kappa shape index (κ3) is 8.72. The van der Waals surface area contributed by atoms with Crippen LogP contribution in [-0.4, -0.2) is 117 Å². The van der Waals surface area contributed by atoms with Gasteiger partial charge in [0.15, 0.2) is 5.78 Å². The fourth-order valence-electron chi connectivity index (χ4n) is 8.99. The molecule has 5 aromatic rings. The summed E-state index contributed by atoms with van der Waals surface area (Å²) < 4.78 is 5.89. The second kappa shape index (κ2) is 18.0. The highest BCUT2D eigenvalue weighted by Gasteiger charge is 2.39. The molecule has 62 heavy (non-hydrogen) atoms. The summed E-state index contributed by atoms with van der Waals surface area (Å²) in [6.07, 6.45) is 7.49. The maximum atomic E-state index is 13.8. The molecule has 6 heterocycles. The predicted molar refractivity (Wildman–Crippen MR) is 234 cm³/mol. The summed E-state index contributed by atoms with van der Waals surface area (Å²) in [5.41, 5.74) is 3.90. The molecule has 1 unspecified atom stereocenters. The minimum absolute atomic E-state index is 0.0681. The minimum atomic E-state index is -0.619. The number of rotatable bonds is 13. The number of para-hydroxylation sites is 1. The first kappa shape index (κ1) is 41.1. The summed E-state index contributed by atoms with van der Waals surface area (Å²) in [6.45, 7) is 6.14. The molecule has 320 valence electrons.